The van der Waals surface area contributed by atoms with Crippen molar-refractivity contribution in [1.29, 1.82) is 0 Å². The number of nitrogens with two attached hydrogens (primary N) is 1. The molecule has 0 bridgehead atoms. The predicted octanol–water partition coefficient (Wildman–Crippen LogP) is 3.04. The summed E-state index contributed by atoms with van der Waals surface area (Å²) in [6.07, 6.45) is -0.801. The Morgan fingerprint density at radius 1 is 1.24 bits per heavy atom. The van der Waals surface area contributed by atoms with Gasteiger partial charge in [0.2, 0.25) is 0 Å². The molecule has 4 nitrogen and oxygen atoms in total. The number of carbonyl (C=O) groups excluding carboxylic acids is 1. The van der Waals surface area contributed by atoms with E-state index in [1.165, 1.54) is 12.1 Å². The zero-order valence-electron chi connectivity index (χ0n) is 11.0. The standard InChI is InChI=1S/C15H14Cl2N2O2/c16-12-7-10(18)6-11(14(12)17)15(21)19-8-13(20)9-4-2-1-3-5-9/h1-7,13,20H,8,18H2,(H,19,21). The first-order chi connectivity index (χ1) is 9.99. The molecule has 0 aliphatic rings. The van der Waals surface area contributed by atoms with Crippen LogP contribution in [0.1, 0.15) is 22.0 Å². The van der Waals surface area contributed by atoms with Gasteiger partial charge < -0.3 is 16.2 Å². The molecule has 1 unspecified atom stereocenters. The number of anilines is 1. The fourth-order valence-electron chi connectivity index (χ4n) is 1.85. The largest absolute Gasteiger partial charge is 0.399 e. The van der Waals surface area contributed by atoms with Crippen LogP contribution in [0.3, 0.4) is 0 Å². The van der Waals surface area contributed by atoms with Crippen molar-refractivity contribution in [1.82, 2.24) is 5.32 Å². The molecule has 21 heavy (non-hydrogen) atoms. The molecule has 2 rings (SSSR count). The molecule has 2 aromatic rings. The quantitative estimate of drug-likeness (QED) is 0.756. The summed E-state index contributed by atoms with van der Waals surface area (Å²) in [6, 6.07) is 12.0. The average Bonchev–Trinajstić information content (AvgIpc) is 2.49. The van der Waals surface area contributed by atoms with Crippen LogP contribution in [0, 0.1) is 0 Å². The van der Waals surface area contributed by atoms with Gasteiger partial charge in [-0.15, -0.1) is 0 Å². The number of benzene rings is 2. The normalized spacial score (nSPS) is 12.0. The molecule has 0 saturated heterocycles. The Balaban J connectivity index is 2.06. The summed E-state index contributed by atoms with van der Waals surface area (Å²) in [4.78, 5) is 12.1. The van der Waals surface area contributed by atoms with Crippen molar-refractivity contribution in [2.24, 2.45) is 0 Å². The van der Waals surface area contributed by atoms with Gasteiger partial charge in [0.1, 0.15) is 0 Å². The number of rotatable bonds is 4. The molecule has 0 heterocycles. The van der Waals surface area contributed by atoms with Crippen molar-refractivity contribution >= 4 is 34.8 Å². The minimum absolute atomic E-state index is 0.0611. The van der Waals surface area contributed by atoms with Crippen LogP contribution < -0.4 is 11.1 Å². The van der Waals surface area contributed by atoms with Gasteiger partial charge in [-0.3, -0.25) is 4.79 Å². The van der Waals surface area contributed by atoms with Crippen molar-refractivity contribution < 1.29 is 9.90 Å². The summed E-state index contributed by atoms with van der Waals surface area (Å²) < 4.78 is 0. The van der Waals surface area contributed by atoms with E-state index < -0.39 is 12.0 Å². The Morgan fingerprint density at radius 3 is 2.57 bits per heavy atom. The Morgan fingerprint density at radius 2 is 1.90 bits per heavy atom. The number of halogens is 2. The lowest BCUT2D eigenvalue weighted by Gasteiger charge is -2.13. The van der Waals surface area contributed by atoms with E-state index in [0.29, 0.717) is 5.69 Å². The molecule has 0 aliphatic heterocycles. The van der Waals surface area contributed by atoms with Gasteiger partial charge in [0, 0.05) is 12.2 Å². The maximum Gasteiger partial charge on any atom is 0.253 e. The summed E-state index contributed by atoms with van der Waals surface area (Å²) in [6.45, 7) is 0.0611. The van der Waals surface area contributed by atoms with Gasteiger partial charge in [-0.05, 0) is 17.7 Å². The van der Waals surface area contributed by atoms with E-state index in [9.17, 15) is 9.90 Å². The Labute approximate surface area is 132 Å². The van der Waals surface area contributed by atoms with Gasteiger partial charge in [0.05, 0.1) is 21.7 Å². The summed E-state index contributed by atoms with van der Waals surface area (Å²) in [5, 5.41) is 13.0. The van der Waals surface area contributed by atoms with E-state index in [1.807, 2.05) is 18.2 Å². The van der Waals surface area contributed by atoms with Gasteiger partial charge in [0.15, 0.2) is 0 Å². The smallest absolute Gasteiger partial charge is 0.253 e. The zero-order valence-corrected chi connectivity index (χ0v) is 12.5. The summed E-state index contributed by atoms with van der Waals surface area (Å²) in [5.74, 6) is -0.441. The highest BCUT2D eigenvalue weighted by Gasteiger charge is 2.15. The minimum Gasteiger partial charge on any atom is -0.399 e. The van der Waals surface area contributed by atoms with Crippen molar-refractivity contribution in [3.63, 3.8) is 0 Å². The van der Waals surface area contributed by atoms with Crippen LogP contribution in [0.5, 0.6) is 0 Å². The number of hydrogen-bond donors (Lipinski definition) is 3. The Kier molecular flexibility index (Phi) is 5.07. The molecule has 110 valence electrons. The lowest BCUT2D eigenvalue weighted by atomic mass is 10.1. The molecule has 2 aromatic carbocycles. The first-order valence-corrected chi connectivity index (χ1v) is 7.00. The molecule has 0 fully saturated rings. The second kappa shape index (κ2) is 6.80. The first kappa shape index (κ1) is 15.6. The molecule has 0 saturated carbocycles. The number of carbonyl (C=O) groups is 1. The number of aliphatic hydroxyl groups is 1. The lowest BCUT2D eigenvalue weighted by Crippen LogP contribution is -2.28. The van der Waals surface area contributed by atoms with E-state index in [0.717, 1.165) is 5.56 Å². The Bertz CT molecular complexity index is 648. The van der Waals surface area contributed by atoms with Crippen LogP contribution in [-0.2, 0) is 0 Å². The van der Waals surface area contributed by atoms with E-state index >= 15 is 0 Å². The molecule has 6 heteroatoms. The third-order valence-corrected chi connectivity index (χ3v) is 3.74. The molecule has 0 aromatic heterocycles. The summed E-state index contributed by atoms with van der Waals surface area (Å²) >= 11 is 11.9. The highest BCUT2D eigenvalue weighted by atomic mass is 35.5. The van der Waals surface area contributed by atoms with Gasteiger partial charge in [0.25, 0.3) is 5.91 Å². The number of aliphatic hydroxyl groups excluding tert-OH is 1. The van der Waals surface area contributed by atoms with Gasteiger partial charge in [-0.2, -0.15) is 0 Å². The molecule has 4 N–H and O–H groups in total. The second-order valence-corrected chi connectivity index (χ2v) is 5.29. The molecule has 0 radical (unpaired) electrons. The Hall–Kier alpha value is -1.75. The van der Waals surface area contributed by atoms with Crippen LogP contribution in [-0.4, -0.2) is 17.6 Å². The van der Waals surface area contributed by atoms with E-state index in [-0.39, 0.29) is 22.2 Å². The average molecular weight is 325 g/mol. The fraction of sp³-hybridized carbons (Fsp3) is 0.133. The molecule has 1 atom stereocenters. The SMILES string of the molecule is Nc1cc(Cl)c(Cl)c(C(=O)NCC(O)c2ccccc2)c1. The zero-order chi connectivity index (χ0) is 15.4. The molecule has 1 amide bonds. The third-order valence-electron chi connectivity index (χ3n) is 2.94. The number of hydrogen-bond acceptors (Lipinski definition) is 3. The second-order valence-electron chi connectivity index (χ2n) is 4.50. The van der Waals surface area contributed by atoms with Crippen LogP contribution in [0.4, 0.5) is 5.69 Å². The predicted molar refractivity (Wildman–Crippen MR) is 84.6 cm³/mol. The number of nitrogens with one attached hydrogen (secondary N) is 1. The van der Waals surface area contributed by atoms with Crippen LogP contribution >= 0.6 is 23.2 Å². The highest BCUT2D eigenvalue weighted by molar-refractivity contribution is 6.44. The third kappa shape index (κ3) is 3.88. The van der Waals surface area contributed by atoms with E-state index in [2.05, 4.69) is 5.32 Å². The fourth-order valence-corrected chi connectivity index (χ4v) is 2.28. The van der Waals surface area contributed by atoms with E-state index in [4.69, 9.17) is 28.9 Å². The van der Waals surface area contributed by atoms with Gasteiger partial charge >= 0.3 is 0 Å². The highest BCUT2D eigenvalue weighted by Crippen LogP contribution is 2.28. The summed E-state index contributed by atoms with van der Waals surface area (Å²) in [7, 11) is 0. The maximum atomic E-state index is 12.1. The van der Waals surface area contributed by atoms with E-state index in [1.54, 1.807) is 12.1 Å². The number of nitrogen functional groups attached to an aromatic ring is 1. The van der Waals surface area contributed by atoms with Crippen molar-refractivity contribution in [3.8, 4) is 0 Å². The molecule has 0 spiro atoms. The van der Waals surface area contributed by atoms with Crippen LogP contribution in [0.2, 0.25) is 10.0 Å². The molecular weight excluding hydrogens is 311 g/mol. The van der Waals surface area contributed by atoms with Crippen molar-refractivity contribution in [2.45, 2.75) is 6.10 Å². The number of amides is 1. The topological polar surface area (TPSA) is 75.4 Å². The van der Waals surface area contributed by atoms with Crippen molar-refractivity contribution in [3.05, 3.63) is 63.6 Å². The maximum absolute atomic E-state index is 12.1. The first-order valence-electron chi connectivity index (χ1n) is 6.24. The van der Waals surface area contributed by atoms with Gasteiger partial charge in [-0.1, -0.05) is 53.5 Å². The molecule has 0 aliphatic carbocycles. The van der Waals surface area contributed by atoms with Gasteiger partial charge in [-0.25, -0.2) is 0 Å². The summed E-state index contributed by atoms with van der Waals surface area (Å²) in [5.41, 5.74) is 6.89. The van der Waals surface area contributed by atoms with Crippen molar-refractivity contribution in [2.75, 3.05) is 12.3 Å². The monoisotopic (exact) mass is 324 g/mol. The van der Waals surface area contributed by atoms with Crippen LogP contribution in [0.15, 0.2) is 42.5 Å². The molecular formula is C15H14Cl2N2O2. The van der Waals surface area contributed by atoms with Crippen LogP contribution in [0.25, 0.3) is 0 Å². The minimum atomic E-state index is -0.801. The lowest BCUT2D eigenvalue weighted by molar-refractivity contribution is 0.0916.